The molecular formula is C13H9IN2O. The minimum absolute atomic E-state index is 0.809. The Balaban J connectivity index is 1.96. The lowest BCUT2D eigenvalue weighted by Crippen LogP contribution is -1.83. The summed E-state index contributed by atoms with van der Waals surface area (Å²) >= 11 is 2.21. The van der Waals surface area contributed by atoms with E-state index >= 15 is 0 Å². The number of H-pyrrole nitrogens is 1. The topological polar surface area (TPSA) is 37.9 Å². The predicted octanol–water partition coefficient (Wildman–Crippen LogP) is 3.96. The van der Waals surface area contributed by atoms with Crippen molar-refractivity contribution < 1.29 is 4.74 Å². The molecule has 0 saturated carbocycles. The van der Waals surface area contributed by atoms with Crippen LogP contribution in [0.5, 0.6) is 11.5 Å². The summed E-state index contributed by atoms with van der Waals surface area (Å²) in [6, 6.07) is 15.7. The number of hydrogen-bond donors (Lipinski definition) is 1. The molecule has 4 heteroatoms. The van der Waals surface area contributed by atoms with Crippen molar-refractivity contribution in [2.24, 2.45) is 0 Å². The molecule has 0 aliphatic rings. The van der Waals surface area contributed by atoms with Gasteiger partial charge in [0, 0.05) is 11.5 Å². The van der Waals surface area contributed by atoms with Crippen LogP contribution in [-0.4, -0.2) is 10.2 Å². The van der Waals surface area contributed by atoms with Crippen molar-refractivity contribution in [3.05, 3.63) is 52.2 Å². The first kappa shape index (κ1) is 10.6. The third-order valence-electron chi connectivity index (χ3n) is 2.47. The quantitative estimate of drug-likeness (QED) is 0.720. The van der Waals surface area contributed by atoms with Crippen LogP contribution in [0.2, 0.25) is 0 Å². The number of nitrogens with zero attached hydrogens (tertiary/aromatic N) is 1. The van der Waals surface area contributed by atoms with Crippen LogP contribution < -0.4 is 4.74 Å². The van der Waals surface area contributed by atoms with Crippen LogP contribution in [0, 0.1) is 3.70 Å². The number of hydrogen-bond acceptors (Lipinski definition) is 2. The van der Waals surface area contributed by atoms with Crippen molar-refractivity contribution in [1.29, 1.82) is 0 Å². The van der Waals surface area contributed by atoms with Gasteiger partial charge >= 0.3 is 0 Å². The average molecular weight is 336 g/mol. The number of aromatic nitrogens is 2. The standard InChI is InChI=1S/C13H9IN2O/c14-13-11-7-6-10(8-12(11)15-16-13)17-9-4-2-1-3-5-9/h1-8H,(H,15,16). The van der Waals surface area contributed by atoms with Gasteiger partial charge in [-0.3, -0.25) is 5.10 Å². The largest absolute Gasteiger partial charge is 0.457 e. The van der Waals surface area contributed by atoms with Gasteiger partial charge < -0.3 is 4.74 Å². The second-order valence-electron chi connectivity index (χ2n) is 3.64. The number of aromatic amines is 1. The van der Waals surface area contributed by atoms with Crippen LogP contribution >= 0.6 is 22.6 Å². The maximum absolute atomic E-state index is 5.75. The van der Waals surface area contributed by atoms with Crippen LogP contribution in [0.4, 0.5) is 0 Å². The average Bonchev–Trinajstić information content (AvgIpc) is 2.72. The summed E-state index contributed by atoms with van der Waals surface area (Å²) in [5.74, 6) is 1.64. The SMILES string of the molecule is Ic1n[nH]c2cc(Oc3ccccc3)ccc12. The number of nitrogens with one attached hydrogen (secondary N) is 1. The summed E-state index contributed by atoms with van der Waals surface area (Å²) in [5, 5.41) is 8.24. The van der Waals surface area contributed by atoms with Crippen LogP contribution in [-0.2, 0) is 0 Å². The van der Waals surface area contributed by atoms with E-state index in [2.05, 4.69) is 32.8 Å². The van der Waals surface area contributed by atoms with E-state index < -0.39 is 0 Å². The highest BCUT2D eigenvalue weighted by Crippen LogP contribution is 2.26. The molecule has 0 saturated heterocycles. The molecule has 0 spiro atoms. The third kappa shape index (κ3) is 2.12. The Hall–Kier alpha value is -1.56. The van der Waals surface area contributed by atoms with Crippen LogP contribution in [0.15, 0.2) is 48.5 Å². The van der Waals surface area contributed by atoms with E-state index in [1.54, 1.807) is 0 Å². The molecule has 1 aromatic heterocycles. The third-order valence-corrected chi connectivity index (χ3v) is 3.29. The summed E-state index contributed by atoms with van der Waals surface area (Å²) in [6.07, 6.45) is 0. The molecule has 0 atom stereocenters. The molecule has 0 amide bonds. The van der Waals surface area contributed by atoms with E-state index in [9.17, 15) is 0 Å². The maximum atomic E-state index is 5.75. The molecule has 0 bridgehead atoms. The van der Waals surface area contributed by atoms with Crippen LogP contribution in [0.25, 0.3) is 10.9 Å². The van der Waals surface area contributed by atoms with E-state index in [1.807, 2.05) is 48.5 Å². The number of para-hydroxylation sites is 1. The van der Waals surface area contributed by atoms with Gasteiger partial charge in [-0.1, -0.05) is 18.2 Å². The zero-order valence-corrected chi connectivity index (χ0v) is 11.0. The van der Waals surface area contributed by atoms with Crippen molar-refractivity contribution in [3.8, 4) is 11.5 Å². The van der Waals surface area contributed by atoms with Gasteiger partial charge in [0.05, 0.1) is 5.52 Å². The Morgan fingerprint density at radius 2 is 1.82 bits per heavy atom. The van der Waals surface area contributed by atoms with Crippen molar-refractivity contribution >= 4 is 33.5 Å². The van der Waals surface area contributed by atoms with Gasteiger partial charge in [0.15, 0.2) is 0 Å². The van der Waals surface area contributed by atoms with Gasteiger partial charge in [-0.15, -0.1) is 0 Å². The fourth-order valence-electron chi connectivity index (χ4n) is 1.65. The highest BCUT2D eigenvalue weighted by atomic mass is 127. The zero-order chi connectivity index (χ0) is 11.7. The number of halogens is 1. The number of benzene rings is 2. The van der Waals surface area contributed by atoms with Crippen molar-refractivity contribution in [2.45, 2.75) is 0 Å². The van der Waals surface area contributed by atoms with Crippen LogP contribution in [0.3, 0.4) is 0 Å². The summed E-state index contributed by atoms with van der Waals surface area (Å²) in [6.45, 7) is 0. The minimum Gasteiger partial charge on any atom is -0.457 e. The number of rotatable bonds is 2. The van der Waals surface area contributed by atoms with Gasteiger partial charge in [0.25, 0.3) is 0 Å². The Kier molecular flexibility index (Phi) is 2.72. The Morgan fingerprint density at radius 1 is 1.00 bits per heavy atom. The van der Waals surface area contributed by atoms with E-state index in [0.29, 0.717) is 0 Å². The first-order valence-corrected chi connectivity index (χ1v) is 6.27. The summed E-state index contributed by atoms with van der Waals surface area (Å²) in [4.78, 5) is 0. The van der Waals surface area contributed by atoms with Crippen molar-refractivity contribution in [1.82, 2.24) is 10.2 Å². The fourth-order valence-corrected chi connectivity index (χ4v) is 2.24. The second kappa shape index (κ2) is 4.37. The monoisotopic (exact) mass is 336 g/mol. The molecule has 0 aliphatic carbocycles. The normalized spacial score (nSPS) is 10.6. The molecule has 0 aliphatic heterocycles. The molecule has 0 fully saturated rings. The molecule has 17 heavy (non-hydrogen) atoms. The highest BCUT2D eigenvalue weighted by molar-refractivity contribution is 14.1. The fraction of sp³-hybridized carbons (Fsp3) is 0. The summed E-state index contributed by atoms with van der Waals surface area (Å²) in [7, 11) is 0. The Bertz CT molecular complexity index is 649. The first-order valence-electron chi connectivity index (χ1n) is 5.19. The zero-order valence-electron chi connectivity index (χ0n) is 8.85. The van der Waals surface area contributed by atoms with Gasteiger partial charge in [-0.2, -0.15) is 5.10 Å². The first-order chi connectivity index (χ1) is 8.33. The number of ether oxygens (including phenoxy) is 1. The number of fused-ring (bicyclic) bond motifs is 1. The lowest BCUT2D eigenvalue weighted by Gasteiger charge is -2.04. The summed E-state index contributed by atoms with van der Waals surface area (Å²) in [5.41, 5.74) is 0.989. The van der Waals surface area contributed by atoms with Gasteiger partial charge in [-0.25, -0.2) is 0 Å². The van der Waals surface area contributed by atoms with Gasteiger partial charge in [0.2, 0.25) is 0 Å². The molecule has 3 nitrogen and oxygen atoms in total. The molecule has 1 heterocycles. The minimum atomic E-state index is 0.809. The molecule has 1 N–H and O–H groups in total. The Morgan fingerprint density at radius 3 is 2.65 bits per heavy atom. The van der Waals surface area contributed by atoms with Crippen molar-refractivity contribution in [2.75, 3.05) is 0 Å². The van der Waals surface area contributed by atoms with E-state index in [0.717, 1.165) is 26.1 Å². The smallest absolute Gasteiger partial charge is 0.130 e. The van der Waals surface area contributed by atoms with E-state index in [4.69, 9.17) is 4.74 Å². The molecule has 0 radical (unpaired) electrons. The lowest BCUT2D eigenvalue weighted by atomic mass is 10.2. The summed E-state index contributed by atoms with van der Waals surface area (Å²) < 4.78 is 6.72. The maximum Gasteiger partial charge on any atom is 0.130 e. The van der Waals surface area contributed by atoms with E-state index in [-0.39, 0.29) is 0 Å². The molecule has 3 aromatic rings. The van der Waals surface area contributed by atoms with Gasteiger partial charge in [0.1, 0.15) is 15.2 Å². The molecular weight excluding hydrogens is 327 g/mol. The van der Waals surface area contributed by atoms with Crippen LogP contribution in [0.1, 0.15) is 0 Å². The highest BCUT2D eigenvalue weighted by Gasteiger charge is 2.04. The Labute approximate surface area is 112 Å². The van der Waals surface area contributed by atoms with Gasteiger partial charge in [-0.05, 0) is 46.9 Å². The van der Waals surface area contributed by atoms with E-state index in [1.165, 1.54) is 0 Å². The second-order valence-corrected chi connectivity index (χ2v) is 4.66. The molecule has 2 aromatic carbocycles. The lowest BCUT2D eigenvalue weighted by molar-refractivity contribution is 0.483. The van der Waals surface area contributed by atoms with Crippen molar-refractivity contribution in [3.63, 3.8) is 0 Å². The predicted molar refractivity (Wildman–Crippen MR) is 75.3 cm³/mol. The molecule has 0 unspecified atom stereocenters. The molecule has 3 rings (SSSR count). The molecule has 84 valence electrons.